The topological polar surface area (TPSA) is 57.7 Å². The van der Waals surface area contributed by atoms with Crippen molar-refractivity contribution in [2.45, 2.75) is 11.8 Å². The normalized spacial score (nSPS) is 15.9. The van der Waals surface area contributed by atoms with E-state index in [0.29, 0.717) is 18.0 Å². The lowest BCUT2D eigenvalue weighted by Gasteiger charge is -2.34. The maximum absolute atomic E-state index is 13.4. The summed E-state index contributed by atoms with van der Waals surface area (Å²) in [6, 6.07) is 12.9. The summed E-state index contributed by atoms with van der Waals surface area (Å²) in [5, 5.41) is 1.07. The first-order valence-corrected chi connectivity index (χ1v) is 11.2. The maximum Gasteiger partial charge on any atom is 0.264 e. The first kappa shape index (κ1) is 19.0. The molecule has 8 heteroatoms. The van der Waals surface area contributed by atoms with Gasteiger partial charge in [-0.1, -0.05) is 24.3 Å². The van der Waals surface area contributed by atoms with Crippen molar-refractivity contribution in [3.8, 4) is 0 Å². The number of nitrogens with zero attached hydrogens (tertiary/aromatic N) is 2. The van der Waals surface area contributed by atoms with E-state index in [2.05, 4.69) is 0 Å². The van der Waals surface area contributed by atoms with Crippen molar-refractivity contribution in [3.63, 3.8) is 0 Å². The summed E-state index contributed by atoms with van der Waals surface area (Å²) in [5.41, 5.74) is 0.959. The van der Waals surface area contributed by atoms with Crippen molar-refractivity contribution in [1.29, 1.82) is 0 Å². The molecule has 0 unspecified atom stereocenters. The molecule has 0 spiro atoms. The Kier molecular flexibility index (Phi) is 4.95. The molecule has 146 valence electrons. The number of thiophene rings is 1. The second kappa shape index (κ2) is 7.27. The molecule has 0 N–H and O–H groups in total. The summed E-state index contributed by atoms with van der Waals surface area (Å²) in [7, 11) is -3.77. The molecular weight excluding hydrogens is 399 g/mol. The molecule has 4 rings (SSSR count). The largest absolute Gasteiger partial charge is 0.335 e. The average molecular weight is 419 g/mol. The Labute approximate surface area is 167 Å². The fourth-order valence-electron chi connectivity index (χ4n) is 3.43. The maximum atomic E-state index is 13.4. The van der Waals surface area contributed by atoms with Crippen LogP contribution in [0.4, 0.5) is 4.39 Å². The van der Waals surface area contributed by atoms with Gasteiger partial charge >= 0.3 is 0 Å². The Morgan fingerprint density at radius 1 is 1.04 bits per heavy atom. The second-order valence-electron chi connectivity index (χ2n) is 6.71. The van der Waals surface area contributed by atoms with E-state index in [4.69, 9.17) is 0 Å². The molecule has 1 aliphatic heterocycles. The molecule has 0 bridgehead atoms. The van der Waals surface area contributed by atoms with Crippen LogP contribution in [0.25, 0.3) is 10.1 Å². The number of carbonyl (C=O) groups excluding carboxylic acids is 1. The van der Waals surface area contributed by atoms with E-state index in [1.807, 2.05) is 31.2 Å². The molecule has 1 aromatic heterocycles. The lowest BCUT2D eigenvalue weighted by molar-refractivity contribution is 0.0702. The Bertz CT molecular complexity index is 1150. The predicted molar refractivity (Wildman–Crippen MR) is 108 cm³/mol. The number of benzene rings is 2. The zero-order valence-corrected chi connectivity index (χ0v) is 16.9. The minimum Gasteiger partial charge on any atom is -0.335 e. The molecule has 0 saturated carbocycles. The van der Waals surface area contributed by atoms with Crippen LogP contribution in [0.5, 0.6) is 0 Å². The van der Waals surface area contributed by atoms with Gasteiger partial charge in [0.1, 0.15) is 5.82 Å². The van der Waals surface area contributed by atoms with E-state index < -0.39 is 15.8 Å². The number of hydrogen-bond donors (Lipinski definition) is 0. The highest BCUT2D eigenvalue weighted by Gasteiger charge is 2.31. The Morgan fingerprint density at radius 2 is 1.75 bits per heavy atom. The van der Waals surface area contributed by atoms with Crippen molar-refractivity contribution >= 4 is 37.4 Å². The molecule has 2 heterocycles. The number of sulfonamides is 1. The van der Waals surface area contributed by atoms with Crippen molar-refractivity contribution in [2.24, 2.45) is 0 Å². The van der Waals surface area contributed by atoms with Crippen LogP contribution in [0.1, 0.15) is 15.2 Å². The van der Waals surface area contributed by atoms with Crippen molar-refractivity contribution in [1.82, 2.24) is 9.21 Å². The standard InChI is InChI=1S/C20H19FN2O3S2/c1-14-17-7-2-3-8-18(17)27-19(14)20(24)22-9-11-23(12-10-22)28(25,26)16-6-4-5-15(21)13-16/h2-8,13H,9-12H2,1H3. The van der Waals surface area contributed by atoms with E-state index in [0.717, 1.165) is 21.7 Å². The van der Waals surface area contributed by atoms with Gasteiger partial charge in [-0.15, -0.1) is 11.3 Å². The zero-order valence-electron chi connectivity index (χ0n) is 15.3. The third-order valence-corrected chi connectivity index (χ3v) is 8.15. The van der Waals surface area contributed by atoms with E-state index in [1.54, 1.807) is 4.90 Å². The molecule has 5 nitrogen and oxygen atoms in total. The van der Waals surface area contributed by atoms with Gasteiger partial charge in [0.25, 0.3) is 5.91 Å². The van der Waals surface area contributed by atoms with Crippen molar-refractivity contribution < 1.29 is 17.6 Å². The zero-order chi connectivity index (χ0) is 19.9. The number of aryl methyl sites for hydroxylation is 1. The van der Waals surface area contributed by atoms with E-state index >= 15 is 0 Å². The number of hydrogen-bond acceptors (Lipinski definition) is 4. The van der Waals surface area contributed by atoms with Gasteiger partial charge in [0.15, 0.2) is 0 Å². The molecular formula is C20H19FN2O3S2. The van der Waals surface area contributed by atoms with Crippen molar-refractivity contribution in [3.05, 3.63) is 64.8 Å². The number of halogens is 1. The van der Waals surface area contributed by atoms with Gasteiger partial charge in [-0.25, -0.2) is 12.8 Å². The molecule has 2 aromatic carbocycles. The molecule has 1 saturated heterocycles. The number of carbonyl (C=O) groups is 1. The Morgan fingerprint density at radius 3 is 2.43 bits per heavy atom. The summed E-state index contributed by atoms with van der Waals surface area (Å²) in [4.78, 5) is 15.3. The lowest BCUT2D eigenvalue weighted by Crippen LogP contribution is -2.50. The van der Waals surface area contributed by atoms with E-state index in [9.17, 15) is 17.6 Å². The smallest absolute Gasteiger partial charge is 0.264 e. The molecule has 0 aliphatic carbocycles. The van der Waals surface area contributed by atoms with Crippen LogP contribution in [0.3, 0.4) is 0 Å². The van der Waals surface area contributed by atoms with Crippen LogP contribution in [0, 0.1) is 12.7 Å². The monoisotopic (exact) mass is 418 g/mol. The van der Waals surface area contributed by atoms with E-state index in [-0.39, 0.29) is 23.9 Å². The molecule has 0 radical (unpaired) electrons. The van der Waals surface area contributed by atoms with Gasteiger partial charge < -0.3 is 4.90 Å². The lowest BCUT2D eigenvalue weighted by atomic mass is 10.1. The highest BCUT2D eigenvalue weighted by molar-refractivity contribution is 7.89. The fraction of sp³-hybridized carbons (Fsp3) is 0.250. The first-order chi connectivity index (χ1) is 13.4. The molecule has 1 fully saturated rings. The summed E-state index contributed by atoms with van der Waals surface area (Å²) in [6.45, 7) is 2.93. The van der Waals surface area contributed by atoms with Crippen LogP contribution in [-0.2, 0) is 10.0 Å². The van der Waals surface area contributed by atoms with Crippen LogP contribution >= 0.6 is 11.3 Å². The minimum absolute atomic E-state index is 0.0624. The molecule has 1 amide bonds. The minimum atomic E-state index is -3.77. The summed E-state index contributed by atoms with van der Waals surface area (Å²) in [5.74, 6) is -0.656. The average Bonchev–Trinajstić information content (AvgIpc) is 3.04. The third kappa shape index (κ3) is 3.32. The molecule has 1 aliphatic rings. The SMILES string of the molecule is Cc1c(C(=O)N2CCN(S(=O)(=O)c3cccc(F)c3)CC2)sc2ccccc12. The van der Waals surface area contributed by atoms with E-state index in [1.165, 1.54) is 33.8 Å². The Hall–Kier alpha value is -2.29. The van der Waals surface area contributed by atoms with Crippen LogP contribution < -0.4 is 0 Å². The fourth-order valence-corrected chi connectivity index (χ4v) is 6.06. The van der Waals surface area contributed by atoms with Gasteiger partial charge in [0.2, 0.25) is 10.0 Å². The highest BCUT2D eigenvalue weighted by Crippen LogP contribution is 2.31. The highest BCUT2D eigenvalue weighted by atomic mass is 32.2. The van der Waals surface area contributed by atoms with Gasteiger partial charge in [-0.05, 0) is 42.1 Å². The number of amides is 1. The van der Waals surface area contributed by atoms with Crippen LogP contribution in [0.2, 0.25) is 0 Å². The third-order valence-electron chi connectivity index (χ3n) is 5.00. The first-order valence-electron chi connectivity index (χ1n) is 8.91. The Balaban J connectivity index is 1.50. The van der Waals surface area contributed by atoms with Gasteiger partial charge in [0.05, 0.1) is 9.77 Å². The summed E-state index contributed by atoms with van der Waals surface area (Å²) >= 11 is 1.47. The quantitative estimate of drug-likeness (QED) is 0.654. The summed E-state index contributed by atoms with van der Waals surface area (Å²) in [6.07, 6.45) is 0. The van der Waals surface area contributed by atoms with Gasteiger partial charge in [-0.2, -0.15) is 4.31 Å². The number of fused-ring (bicyclic) bond motifs is 1. The number of rotatable bonds is 3. The van der Waals surface area contributed by atoms with Gasteiger partial charge in [0, 0.05) is 30.9 Å². The van der Waals surface area contributed by atoms with Crippen LogP contribution in [0.15, 0.2) is 53.4 Å². The molecule has 28 heavy (non-hydrogen) atoms. The molecule has 3 aromatic rings. The van der Waals surface area contributed by atoms with Crippen LogP contribution in [-0.4, -0.2) is 49.7 Å². The molecule has 0 atom stereocenters. The predicted octanol–water partition coefficient (Wildman–Crippen LogP) is 3.50. The van der Waals surface area contributed by atoms with Gasteiger partial charge in [-0.3, -0.25) is 4.79 Å². The number of piperazine rings is 1. The second-order valence-corrected chi connectivity index (χ2v) is 9.70. The van der Waals surface area contributed by atoms with Crippen molar-refractivity contribution in [2.75, 3.05) is 26.2 Å². The summed E-state index contributed by atoms with van der Waals surface area (Å²) < 4.78 is 41.2.